The van der Waals surface area contributed by atoms with E-state index >= 15 is 0 Å². The second-order valence-corrected chi connectivity index (χ2v) is 5.28. The highest BCUT2D eigenvalue weighted by Crippen LogP contribution is 2.30. The molecule has 2 rings (SSSR count). The van der Waals surface area contributed by atoms with Crippen LogP contribution >= 0.6 is 23.8 Å². The lowest BCUT2D eigenvalue weighted by Gasteiger charge is -2.12. The van der Waals surface area contributed by atoms with Gasteiger partial charge in [0.25, 0.3) is 5.91 Å². The van der Waals surface area contributed by atoms with Crippen LogP contribution in [0, 0.1) is 0 Å². The third kappa shape index (κ3) is 4.67. The molecule has 0 aromatic heterocycles. The molecular weight excluding hydrogens is 349 g/mol. The number of carbonyl (C=O) groups is 1. The Hall–Kier alpha value is -2.12. The van der Waals surface area contributed by atoms with Crippen LogP contribution in [0.25, 0.3) is 0 Å². The third-order valence-electron chi connectivity index (χ3n) is 2.79. The molecule has 0 bridgehead atoms. The number of halogens is 4. The van der Waals surface area contributed by atoms with Gasteiger partial charge in [0.1, 0.15) is 0 Å². The number of thiocarbonyl (C=S) groups is 1. The van der Waals surface area contributed by atoms with E-state index in [2.05, 4.69) is 10.6 Å². The van der Waals surface area contributed by atoms with E-state index in [1.807, 2.05) is 0 Å². The maximum Gasteiger partial charge on any atom is 0.416 e. The standard InChI is InChI=1S/C15H10ClF3N2OS/c16-12-7-2-1-6-11(12)13(22)21-14(23)20-10-5-3-4-9(8-10)15(17,18)19/h1-8H,(H2,20,21,22,23). The number of anilines is 1. The van der Waals surface area contributed by atoms with E-state index < -0.39 is 17.6 Å². The minimum absolute atomic E-state index is 0.115. The molecule has 2 N–H and O–H groups in total. The van der Waals surface area contributed by atoms with Gasteiger partial charge in [-0.3, -0.25) is 10.1 Å². The van der Waals surface area contributed by atoms with E-state index in [-0.39, 0.29) is 21.4 Å². The fourth-order valence-corrected chi connectivity index (χ4v) is 2.18. The van der Waals surface area contributed by atoms with Crippen LogP contribution in [0.4, 0.5) is 18.9 Å². The molecule has 0 aliphatic rings. The number of hydrogen-bond donors (Lipinski definition) is 2. The van der Waals surface area contributed by atoms with Crippen molar-refractivity contribution in [3.8, 4) is 0 Å². The summed E-state index contributed by atoms with van der Waals surface area (Å²) in [5.74, 6) is -0.555. The van der Waals surface area contributed by atoms with Gasteiger partial charge in [-0.05, 0) is 42.5 Å². The van der Waals surface area contributed by atoms with Crippen molar-refractivity contribution in [1.29, 1.82) is 0 Å². The van der Waals surface area contributed by atoms with E-state index in [1.165, 1.54) is 18.2 Å². The van der Waals surface area contributed by atoms with Crippen LogP contribution < -0.4 is 10.6 Å². The highest BCUT2D eigenvalue weighted by molar-refractivity contribution is 7.80. The molecule has 23 heavy (non-hydrogen) atoms. The van der Waals surface area contributed by atoms with Crippen LogP contribution in [0.15, 0.2) is 48.5 Å². The highest BCUT2D eigenvalue weighted by Gasteiger charge is 2.30. The summed E-state index contributed by atoms with van der Waals surface area (Å²) in [4.78, 5) is 12.0. The Morgan fingerprint density at radius 3 is 2.43 bits per heavy atom. The molecule has 0 unspecified atom stereocenters. The van der Waals surface area contributed by atoms with Gasteiger partial charge in [-0.1, -0.05) is 29.8 Å². The minimum Gasteiger partial charge on any atom is -0.332 e. The van der Waals surface area contributed by atoms with Crippen molar-refractivity contribution in [2.24, 2.45) is 0 Å². The van der Waals surface area contributed by atoms with Crippen molar-refractivity contribution >= 4 is 40.5 Å². The zero-order valence-corrected chi connectivity index (χ0v) is 13.0. The number of alkyl halides is 3. The topological polar surface area (TPSA) is 41.1 Å². The minimum atomic E-state index is -4.46. The lowest BCUT2D eigenvalue weighted by Crippen LogP contribution is -2.34. The van der Waals surface area contributed by atoms with Gasteiger partial charge < -0.3 is 5.32 Å². The Morgan fingerprint density at radius 1 is 1.09 bits per heavy atom. The van der Waals surface area contributed by atoms with Gasteiger partial charge in [-0.25, -0.2) is 0 Å². The maximum absolute atomic E-state index is 12.6. The van der Waals surface area contributed by atoms with Crippen LogP contribution in [-0.4, -0.2) is 11.0 Å². The fourth-order valence-electron chi connectivity index (χ4n) is 1.75. The lowest BCUT2D eigenvalue weighted by atomic mass is 10.2. The summed E-state index contributed by atoms with van der Waals surface area (Å²) in [6.45, 7) is 0. The molecule has 0 spiro atoms. The largest absolute Gasteiger partial charge is 0.416 e. The molecule has 0 heterocycles. The van der Waals surface area contributed by atoms with Crippen LogP contribution in [-0.2, 0) is 6.18 Å². The first-order valence-electron chi connectivity index (χ1n) is 6.31. The van der Waals surface area contributed by atoms with Crippen molar-refractivity contribution in [3.05, 3.63) is 64.7 Å². The quantitative estimate of drug-likeness (QED) is 0.777. The van der Waals surface area contributed by atoms with Crippen molar-refractivity contribution < 1.29 is 18.0 Å². The summed E-state index contributed by atoms with van der Waals surface area (Å²) in [5.41, 5.74) is -0.491. The van der Waals surface area contributed by atoms with E-state index in [9.17, 15) is 18.0 Å². The van der Waals surface area contributed by atoms with Gasteiger partial charge >= 0.3 is 6.18 Å². The molecule has 0 atom stereocenters. The van der Waals surface area contributed by atoms with Crippen LogP contribution in [0.5, 0.6) is 0 Å². The Labute approximate surface area is 140 Å². The lowest BCUT2D eigenvalue weighted by molar-refractivity contribution is -0.137. The summed E-state index contributed by atoms with van der Waals surface area (Å²) in [6, 6.07) is 10.8. The van der Waals surface area contributed by atoms with Gasteiger partial charge in [0.15, 0.2) is 5.11 Å². The molecule has 1 amide bonds. The highest BCUT2D eigenvalue weighted by atomic mass is 35.5. The second kappa shape index (κ2) is 6.97. The van der Waals surface area contributed by atoms with Crippen molar-refractivity contribution in [2.45, 2.75) is 6.18 Å². The average Bonchev–Trinajstić information content (AvgIpc) is 2.46. The number of amides is 1. The molecule has 2 aromatic carbocycles. The van der Waals surface area contributed by atoms with E-state index in [0.29, 0.717) is 0 Å². The van der Waals surface area contributed by atoms with Gasteiger partial charge in [0.05, 0.1) is 16.1 Å². The molecule has 0 aliphatic carbocycles. The molecule has 3 nitrogen and oxygen atoms in total. The van der Waals surface area contributed by atoms with E-state index in [0.717, 1.165) is 12.1 Å². The monoisotopic (exact) mass is 358 g/mol. The van der Waals surface area contributed by atoms with Gasteiger partial charge in [0.2, 0.25) is 0 Å². The molecule has 0 fully saturated rings. The first-order chi connectivity index (χ1) is 10.8. The van der Waals surface area contributed by atoms with Crippen LogP contribution in [0.2, 0.25) is 5.02 Å². The third-order valence-corrected chi connectivity index (χ3v) is 3.33. The molecule has 0 saturated carbocycles. The van der Waals surface area contributed by atoms with Crippen molar-refractivity contribution in [2.75, 3.05) is 5.32 Å². The summed E-state index contributed by atoms with van der Waals surface area (Å²) in [7, 11) is 0. The van der Waals surface area contributed by atoms with E-state index in [1.54, 1.807) is 18.2 Å². The molecule has 120 valence electrons. The predicted molar refractivity (Wildman–Crippen MR) is 86.6 cm³/mol. The number of carbonyl (C=O) groups excluding carboxylic acids is 1. The Kier molecular flexibility index (Phi) is 5.23. The maximum atomic E-state index is 12.6. The molecule has 0 saturated heterocycles. The normalized spacial score (nSPS) is 11.0. The molecule has 2 aromatic rings. The zero-order valence-electron chi connectivity index (χ0n) is 11.4. The Morgan fingerprint density at radius 2 is 1.78 bits per heavy atom. The SMILES string of the molecule is O=C(NC(=S)Nc1cccc(C(F)(F)F)c1)c1ccccc1Cl. The van der Waals surface area contributed by atoms with Gasteiger partial charge in [-0.15, -0.1) is 0 Å². The number of benzene rings is 2. The number of rotatable bonds is 2. The van der Waals surface area contributed by atoms with Gasteiger partial charge in [0, 0.05) is 5.69 Å². The summed E-state index contributed by atoms with van der Waals surface area (Å²) < 4.78 is 37.9. The molecule has 0 radical (unpaired) electrons. The number of hydrogen-bond acceptors (Lipinski definition) is 2. The van der Waals surface area contributed by atoms with Crippen LogP contribution in [0.3, 0.4) is 0 Å². The summed E-state index contributed by atoms with van der Waals surface area (Å²) in [5, 5.41) is 5.00. The Bertz CT molecular complexity index is 749. The zero-order chi connectivity index (χ0) is 17.0. The smallest absolute Gasteiger partial charge is 0.332 e. The molecule has 8 heteroatoms. The van der Waals surface area contributed by atoms with Gasteiger partial charge in [-0.2, -0.15) is 13.2 Å². The Balaban J connectivity index is 2.06. The van der Waals surface area contributed by atoms with Crippen LogP contribution in [0.1, 0.15) is 15.9 Å². The first kappa shape index (κ1) is 17.2. The van der Waals surface area contributed by atoms with E-state index in [4.69, 9.17) is 23.8 Å². The molecule has 0 aliphatic heterocycles. The summed E-state index contributed by atoms with van der Waals surface area (Å²) >= 11 is 10.8. The predicted octanol–water partition coefficient (Wildman–Crippen LogP) is 4.49. The average molecular weight is 359 g/mol. The first-order valence-corrected chi connectivity index (χ1v) is 7.10. The fraction of sp³-hybridized carbons (Fsp3) is 0.0667. The summed E-state index contributed by atoms with van der Waals surface area (Å²) in [6.07, 6.45) is -4.46. The molecular formula is C15H10ClF3N2OS. The van der Waals surface area contributed by atoms with Crippen molar-refractivity contribution in [1.82, 2.24) is 5.32 Å². The second-order valence-electron chi connectivity index (χ2n) is 4.47. The number of nitrogens with one attached hydrogen (secondary N) is 2. The van der Waals surface area contributed by atoms with Crippen molar-refractivity contribution in [3.63, 3.8) is 0 Å².